The van der Waals surface area contributed by atoms with Crippen LogP contribution >= 0.6 is 0 Å². The van der Waals surface area contributed by atoms with E-state index in [9.17, 15) is 0 Å². The second-order valence-corrected chi connectivity index (χ2v) is 8.71. The summed E-state index contributed by atoms with van der Waals surface area (Å²) >= 11 is 0. The van der Waals surface area contributed by atoms with Crippen molar-refractivity contribution in [3.8, 4) is 5.75 Å². The Morgan fingerprint density at radius 3 is 2.68 bits per heavy atom. The Hall–Kier alpha value is -2.52. The monoisotopic (exact) mass is 430 g/mol. The number of rotatable bonds is 8. The van der Waals surface area contributed by atoms with Crippen LogP contribution < -0.4 is 21.8 Å². The van der Waals surface area contributed by atoms with E-state index in [2.05, 4.69) is 15.5 Å². The van der Waals surface area contributed by atoms with Crippen molar-refractivity contribution in [2.75, 3.05) is 13.7 Å². The smallest absolute Gasteiger partial charge is 0.312 e. The van der Waals surface area contributed by atoms with Gasteiger partial charge in [-0.25, -0.2) is 21.1 Å². The zero-order chi connectivity index (χ0) is 21.8. The molecule has 1 aromatic rings. The summed E-state index contributed by atoms with van der Waals surface area (Å²) in [4.78, 5) is 14.5. The Morgan fingerprint density at radius 1 is 1.23 bits per heavy atom. The van der Waals surface area contributed by atoms with Crippen molar-refractivity contribution in [3.05, 3.63) is 29.2 Å². The van der Waals surface area contributed by atoms with E-state index in [0.717, 1.165) is 36.6 Å². The molecule has 1 atom stereocenters. The lowest BCUT2D eigenvalue weighted by atomic mass is 9.98. The van der Waals surface area contributed by atoms with Gasteiger partial charge in [-0.3, -0.25) is 0 Å². The molecule has 1 unspecified atom stereocenters. The van der Waals surface area contributed by atoms with Gasteiger partial charge >= 0.3 is 6.02 Å². The maximum Gasteiger partial charge on any atom is 0.312 e. The minimum absolute atomic E-state index is 0.144. The Kier molecular flexibility index (Phi) is 6.82. The molecule has 0 amide bonds. The number of hydrogen-bond donors (Lipinski definition) is 3. The Labute approximate surface area is 183 Å². The van der Waals surface area contributed by atoms with Crippen LogP contribution in [0.4, 0.5) is 0 Å². The number of ether oxygens (including phenoxy) is 2. The molecule has 0 aromatic carbocycles. The molecule has 1 aromatic heterocycles. The van der Waals surface area contributed by atoms with Crippen molar-refractivity contribution in [2.45, 2.75) is 70.6 Å². The molecule has 4 rings (SSSR count). The average molecular weight is 431 g/mol. The summed E-state index contributed by atoms with van der Waals surface area (Å²) in [5, 5.41) is 1.44. The third-order valence-electron chi connectivity index (χ3n) is 6.02. The molecule has 9 nitrogen and oxygen atoms in total. The van der Waals surface area contributed by atoms with Crippen LogP contribution in [0.15, 0.2) is 22.8 Å². The molecular weight excluding hydrogens is 396 g/mol. The lowest BCUT2D eigenvalue weighted by molar-refractivity contribution is 0.0237. The van der Waals surface area contributed by atoms with E-state index >= 15 is 0 Å². The fraction of sp³-hybridized carbons (Fsp3) is 0.636. The Morgan fingerprint density at radius 2 is 2.00 bits per heavy atom. The number of amidine groups is 1. The fourth-order valence-corrected chi connectivity index (χ4v) is 3.95. The predicted octanol–water partition coefficient (Wildman–Crippen LogP) is 2.57. The van der Waals surface area contributed by atoms with Crippen molar-refractivity contribution in [1.29, 1.82) is 0 Å². The fourth-order valence-electron chi connectivity index (χ4n) is 3.95. The van der Waals surface area contributed by atoms with Crippen molar-refractivity contribution < 1.29 is 14.3 Å². The maximum absolute atomic E-state index is 6.41. The number of aliphatic imine (C=N–C) groups is 1. The maximum atomic E-state index is 6.41. The zero-order valence-electron chi connectivity index (χ0n) is 18.5. The summed E-state index contributed by atoms with van der Waals surface area (Å²) in [7, 11) is 1.72. The topological polar surface area (TPSA) is 120 Å². The number of aromatic nitrogens is 1. The summed E-state index contributed by atoms with van der Waals surface area (Å²) in [6.45, 7) is 2.08. The summed E-state index contributed by atoms with van der Waals surface area (Å²) < 4.78 is 11.9. The van der Waals surface area contributed by atoms with Crippen molar-refractivity contribution >= 4 is 11.7 Å². The normalized spacial score (nSPS) is 22.4. The number of nitrogens with one attached hydrogen (secondary N) is 1. The SMILES string of the molecule is Cc1nc(/C(N)=C(\COC2=NC(CC3CC3)ON2)N(C)N)ccc1OC1CCCCC1. The third kappa shape index (κ3) is 5.80. The summed E-state index contributed by atoms with van der Waals surface area (Å²) in [5.74, 6) is 7.55. The van der Waals surface area contributed by atoms with Gasteiger partial charge in [-0.1, -0.05) is 19.3 Å². The number of aryl methyl sites for hydroxylation is 1. The summed E-state index contributed by atoms with van der Waals surface area (Å²) in [6, 6.07) is 4.15. The first kappa shape index (κ1) is 21.7. The van der Waals surface area contributed by atoms with E-state index in [-0.39, 0.29) is 18.9 Å². The van der Waals surface area contributed by atoms with E-state index in [1.807, 2.05) is 19.1 Å². The van der Waals surface area contributed by atoms with Gasteiger partial charge in [0.15, 0.2) is 6.23 Å². The molecule has 2 heterocycles. The third-order valence-corrected chi connectivity index (χ3v) is 6.02. The Bertz CT molecular complexity index is 831. The van der Waals surface area contributed by atoms with Crippen LogP contribution in [0.2, 0.25) is 0 Å². The zero-order valence-corrected chi connectivity index (χ0v) is 18.5. The van der Waals surface area contributed by atoms with Gasteiger partial charge in [0.1, 0.15) is 12.4 Å². The molecule has 2 saturated carbocycles. The van der Waals surface area contributed by atoms with Crippen LogP contribution in [0.3, 0.4) is 0 Å². The van der Waals surface area contributed by atoms with Gasteiger partial charge in [0.2, 0.25) is 0 Å². The van der Waals surface area contributed by atoms with E-state index in [4.69, 9.17) is 25.9 Å². The molecule has 2 fully saturated rings. The van der Waals surface area contributed by atoms with Crippen molar-refractivity contribution in [1.82, 2.24) is 15.5 Å². The van der Waals surface area contributed by atoms with E-state index in [1.165, 1.54) is 37.1 Å². The number of hydrazine groups is 1. The number of hydrogen-bond acceptors (Lipinski definition) is 9. The van der Waals surface area contributed by atoms with Gasteiger partial charge in [0, 0.05) is 7.05 Å². The van der Waals surface area contributed by atoms with Gasteiger partial charge < -0.3 is 20.2 Å². The highest BCUT2D eigenvalue weighted by Crippen LogP contribution is 2.35. The second-order valence-electron chi connectivity index (χ2n) is 8.71. The number of hydroxylamine groups is 1. The second kappa shape index (κ2) is 9.74. The molecular formula is C22H34N6O3. The summed E-state index contributed by atoms with van der Waals surface area (Å²) in [5.41, 5.74) is 11.6. The van der Waals surface area contributed by atoms with E-state index in [1.54, 1.807) is 7.05 Å². The minimum Gasteiger partial charge on any atom is -0.489 e. The van der Waals surface area contributed by atoms with Gasteiger partial charge in [-0.2, -0.15) is 4.99 Å². The number of nitrogens with zero attached hydrogens (tertiary/aromatic N) is 3. The first-order valence-electron chi connectivity index (χ1n) is 11.2. The van der Waals surface area contributed by atoms with Crippen LogP contribution in [0.1, 0.15) is 62.8 Å². The molecule has 0 bridgehead atoms. The molecule has 170 valence electrons. The first-order chi connectivity index (χ1) is 15.0. The number of likely N-dealkylation sites (N-methyl/N-ethyl adjacent to an activating group) is 1. The quantitative estimate of drug-likeness (QED) is 0.425. The van der Waals surface area contributed by atoms with Gasteiger partial charge in [0.25, 0.3) is 0 Å². The number of pyridine rings is 1. The lowest BCUT2D eigenvalue weighted by Gasteiger charge is -2.24. The largest absolute Gasteiger partial charge is 0.489 e. The van der Waals surface area contributed by atoms with Gasteiger partial charge in [0.05, 0.1) is 28.9 Å². The van der Waals surface area contributed by atoms with E-state index < -0.39 is 0 Å². The van der Waals surface area contributed by atoms with Crippen molar-refractivity contribution in [2.24, 2.45) is 22.5 Å². The molecule has 2 aliphatic carbocycles. The minimum atomic E-state index is -0.191. The molecule has 1 aliphatic heterocycles. The molecule has 9 heteroatoms. The molecule has 0 spiro atoms. The van der Waals surface area contributed by atoms with Crippen LogP contribution in [-0.2, 0) is 9.57 Å². The summed E-state index contributed by atoms with van der Waals surface area (Å²) in [6.07, 6.45) is 9.46. The highest BCUT2D eigenvalue weighted by Gasteiger charge is 2.29. The standard InChI is InChI=1S/C22H34N6O3/c1-14-19(30-16-6-4-3-5-7-16)11-10-17(25-14)21(23)18(28(2)24)13-29-22-26-20(31-27-22)12-15-8-9-15/h10-11,15-16,20H,3-9,12-13,23-24H2,1-2H3,(H,26,27)/b21-18-. The number of nitrogens with two attached hydrogens (primary N) is 2. The van der Waals surface area contributed by atoms with Crippen molar-refractivity contribution in [3.63, 3.8) is 0 Å². The molecule has 5 N–H and O–H groups in total. The molecule has 0 saturated heterocycles. The van der Waals surface area contributed by atoms with E-state index in [0.29, 0.717) is 23.1 Å². The molecule has 3 aliphatic rings. The van der Waals surface area contributed by atoms with Crippen LogP contribution in [-0.4, -0.2) is 42.0 Å². The predicted molar refractivity (Wildman–Crippen MR) is 118 cm³/mol. The highest BCUT2D eigenvalue weighted by atomic mass is 16.7. The molecule has 31 heavy (non-hydrogen) atoms. The van der Waals surface area contributed by atoms with Gasteiger partial charge in [-0.15, -0.1) is 0 Å². The lowest BCUT2D eigenvalue weighted by Crippen LogP contribution is -2.32. The first-order valence-corrected chi connectivity index (χ1v) is 11.2. The van der Waals surface area contributed by atoms with Gasteiger partial charge in [-0.05, 0) is 57.1 Å². The average Bonchev–Trinajstić information content (AvgIpc) is 3.46. The molecule has 0 radical (unpaired) electrons. The van der Waals surface area contributed by atoms with Crippen LogP contribution in [0, 0.1) is 12.8 Å². The van der Waals surface area contributed by atoms with Crippen LogP contribution in [0.5, 0.6) is 5.75 Å². The highest BCUT2D eigenvalue weighted by molar-refractivity contribution is 5.74. The van der Waals surface area contributed by atoms with Crippen LogP contribution in [0.25, 0.3) is 5.70 Å². The Balaban J connectivity index is 1.41.